The summed E-state index contributed by atoms with van der Waals surface area (Å²) in [4.78, 5) is 0. The summed E-state index contributed by atoms with van der Waals surface area (Å²) in [6, 6.07) is 9.76. The Morgan fingerprint density at radius 1 is 1.08 bits per heavy atom. The number of hydrogen-bond acceptors (Lipinski definition) is 3. The minimum Gasteiger partial charge on any atom is -0.489 e. The van der Waals surface area contributed by atoms with Crippen molar-refractivity contribution >= 4 is 23.2 Å². The van der Waals surface area contributed by atoms with E-state index in [0.29, 0.717) is 16.6 Å². The van der Waals surface area contributed by atoms with E-state index < -0.39 is 0 Å². The first-order valence-corrected chi connectivity index (χ1v) is 8.99. The van der Waals surface area contributed by atoms with E-state index >= 15 is 0 Å². The molecular formula is C19H22Cl2FNO2. The molecule has 0 radical (unpaired) electrons. The zero-order valence-corrected chi connectivity index (χ0v) is 15.7. The highest BCUT2D eigenvalue weighted by Crippen LogP contribution is 2.25. The third-order valence-corrected chi connectivity index (χ3v) is 4.17. The molecule has 0 spiro atoms. The number of benzene rings is 2. The molecule has 0 heterocycles. The van der Waals surface area contributed by atoms with Crippen LogP contribution in [-0.2, 0) is 17.9 Å². The minimum atomic E-state index is -0.364. The summed E-state index contributed by atoms with van der Waals surface area (Å²) in [6.45, 7) is 5.20. The van der Waals surface area contributed by atoms with Crippen LogP contribution in [0.5, 0.6) is 5.75 Å². The molecule has 3 nitrogen and oxygen atoms in total. The fourth-order valence-corrected chi connectivity index (χ4v) is 2.70. The molecule has 0 fully saturated rings. The maximum atomic E-state index is 13.1. The van der Waals surface area contributed by atoms with Gasteiger partial charge >= 0.3 is 0 Å². The molecular weight excluding hydrogens is 364 g/mol. The van der Waals surface area contributed by atoms with Gasteiger partial charge in [-0.3, -0.25) is 0 Å². The molecule has 1 N–H and O–H groups in total. The quantitative estimate of drug-likeness (QED) is 0.568. The van der Waals surface area contributed by atoms with Crippen LogP contribution in [0.15, 0.2) is 36.4 Å². The van der Waals surface area contributed by atoms with Gasteiger partial charge in [-0.15, -0.1) is 0 Å². The highest BCUT2D eigenvalue weighted by atomic mass is 35.5. The second-order valence-corrected chi connectivity index (χ2v) is 6.35. The monoisotopic (exact) mass is 385 g/mol. The van der Waals surface area contributed by atoms with Crippen LogP contribution < -0.4 is 10.1 Å². The first-order chi connectivity index (χ1) is 12.1. The maximum absolute atomic E-state index is 13.1. The summed E-state index contributed by atoms with van der Waals surface area (Å²) < 4.78 is 24.3. The van der Waals surface area contributed by atoms with E-state index in [-0.39, 0.29) is 12.4 Å². The summed E-state index contributed by atoms with van der Waals surface area (Å²) >= 11 is 12.1. The molecule has 2 rings (SSSR count). The number of halogens is 3. The first kappa shape index (κ1) is 20.0. The molecule has 0 saturated heterocycles. The van der Waals surface area contributed by atoms with Gasteiger partial charge in [0.25, 0.3) is 0 Å². The molecule has 0 atom stereocenters. The van der Waals surface area contributed by atoms with Gasteiger partial charge in [-0.2, -0.15) is 0 Å². The van der Waals surface area contributed by atoms with Crippen LogP contribution in [0.3, 0.4) is 0 Å². The van der Waals surface area contributed by atoms with Crippen molar-refractivity contribution in [3.05, 3.63) is 63.4 Å². The third-order valence-electron chi connectivity index (χ3n) is 3.58. The Labute approximate surface area is 158 Å². The van der Waals surface area contributed by atoms with Crippen LogP contribution in [0.4, 0.5) is 4.39 Å². The lowest BCUT2D eigenvalue weighted by Gasteiger charge is -2.13. The van der Waals surface area contributed by atoms with Crippen molar-refractivity contribution < 1.29 is 13.9 Å². The van der Waals surface area contributed by atoms with Crippen LogP contribution in [0.25, 0.3) is 0 Å². The van der Waals surface area contributed by atoms with Gasteiger partial charge in [0, 0.05) is 35.9 Å². The van der Waals surface area contributed by atoms with Crippen LogP contribution in [0, 0.1) is 5.82 Å². The average Bonchev–Trinajstić information content (AvgIpc) is 2.58. The fourth-order valence-electron chi connectivity index (χ4n) is 2.29. The van der Waals surface area contributed by atoms with Crippen molar-refractivity contribution in [3.8, 4) is 5.75 Å². The second-order valence-electron chi connectivity index (χ2n) is 5.50. The summed E-state index contributed by atoms with van der Waals surface area (Å²) in [5, 5.41) is 4.35. The normalized spacial score (nSPS) is 10.9. The number of rotatable bonds is 10. The first-order valence-electron chi connectivity index (χ1n) is 8.23. The number of nitrogens with one attached hydrogen (secondary N) is 1. The standard InChI is InChI=1S/C19H22Cl2FNO2/c1-2-24-9-3-8-23-12-15-10-16(20)5-7-19(15)25-13-14-4-6-17(22)11-18(14)21/h4-7,10-11,23H,2-3,8-9,12-13H2,1H3. The van der Waals surface area contributed by atoms with Crippen LogP contribution >= 0.6 is 23.2 Å². The van der Waals surface area contributed by atoms with Gasteiger partial charge in [0.15, 0.2) is 0 Å². The summed E-state index contributed by atoms with van der Waals surface area (Å²) in [5.41, 5.74) is 1.69. The molecule has 136 valence electrons. The van der Waals surface area contributed by atoms with Gasteiger partial charge in [0.05, 0.1) is 5.02 Å². The Morgan fingerprint density at radius 2 is 1.92 bits per heavy atom. The van der Waals surface area contributed by atoms with Crippen molar-refractivity contribution in [1.82, 2.24) is 5.32 Å². The van der Waals surface area contributed by atoms with E-state index in [1.54, 1.807) is 12.1 Å². The topological polar surface area (TPSA) is 30.5 Å². The number of hydrogen-bond donors (Lipinski definition) is 1. The van der Waals surface area contributed by atoms with E-state index in [1.807, 2.05) is 19.1 Å². The Kier molecular flexibility index (Phi) is 8.49. The molecule has 0 aliphatic rings. The SMILES string of the molecule is CCOCCCNCc1cc(Cl)ccc1OCc1ccc(F)cc1Cl. The largest absolute Gasteiger partial charge is 0.489 e. The van der Waals surface area contributed by atoms with Gasteiger partial charge in [-0.1, -0.05) is 29.3 Å². The van der Waals surface area contributed by atoms with E-state index in [2.05, 4.69) is 5.32 Å². The average molecular weight is 386 g/mol. The van der Waals surface area contributed by atoms with E-state index in [4.69, 9.17) is 32.7 Å². The van der Waals surface area contributed by atoms with Crippen LogP contribution in [0.2, 0.25) is 10.0 Å². The lowest BCUT2D eigenvalue weighted by atomic mass is 10.2. The summed E-state index contributed by atoms with van der Waals surface area (Å²) in [7, 11) is 0. The van der Waals surface area contributed by atoms with E-state index in [0.717, 1.165) is 43.1 Å². The highest BCUT2D eigenvalue weighted by molar-refractivity contribution is 6.31. The smallest absolute Gasteiger partial charge is 0.124 e. The van der Waals surface area contributed by atoms with E-state index in [1.165, 1.54) is 12.1 Å². The van der Waals surface area contributed by atoms with E-state index in [9.17, 15) is 4.39 Å². The van der Waals surface area contributed by atoms with Crippen molar-refractivity contribution in [2.75, 3.05) is 19.8 Å². The molecule has 0 amide bonds. The lowest BCUT2D eigenvalue weighted by molar-refractivity contribution is 0.144. The van der Waals surface area contributed by atoms with Crippen molar-refractivity contribution in [1.29, 1.82) is 0 Å². The molecule has 0 aliphatic carbocycles. The molecule has 0 aromatic heterocycles. The van der Waals surface area contributed by atoms with Gasteiger partial charge in [0.2, 0.25) is 0 Å². The molecule has 0 aliphatic heterocycles. The molecule has 0 unspecified atom stereocenters. The Bertz CT molecular complexity index is 682. The molecule has 2 aromatic carbocycles. The zero-order valence-electron chi connectivity index (χ0n) is 14.2. The van der Waals surface area contributed by atoms with Crippen LogP contribution in [-0.4, -0.2) is 19.8 Å². The Balaban J connectivity index is 1.93. The van der Waals surface area contributed by atoms with Crippen molar-refractivity contribution in [3.63, 3.8) is 0 Å². The Morgan fingerprint density at radius 3 is 2.68 bits per heavy atom. The molecule has 6 heteroatoms. The molecule has 0 saturated carbocycles. The van der Waals surface area contributed by atoms with Gasteiger partial charge < -0.3 is 14.8 Å². The Hall–Kier alpha value is -1.33. The molecule has 0 bridgehead atoms. The van der Waals surface area contributed by atoms with Crippen molar-refractivity contribution in [2.45, 2.75) is 26.5 Å². The summed E-state index contributed by atoms with van der Waals surface area (Å²) in [5.74, 6) is 0.360. The maximum Gasteiger partial charge on any atom is 0.124 e. The third kappa shape index (κ3) is 6.83. The summed E-state index contributed by atoms with van der Waals surface area (Å²) in [6.07, 6.45) is 0.940. The van der Waals surface area contributed by atoms with Crippen molar-refractivity contribution in [2.24, 2.45) is 0 Å². The van der Waals surface area contributed by atoms with Crippen LogP contribution in [0.1, 0.15) is 24.5 Å². The van der Waals surface area contributed by atoms with Gasteiger partial charge in [-0.25, -0.2) is 4.39 Å². The molecule has 25 heavy (non-hydrogen) atoms. The predicted octanol–water partition coefficient (Wildman–Crippen LogP) is 5.23. The lowest BCUT2D eigenvalue weighted by Crippen LogP contribution is -2.17. The fraction of sp³-hybridized carbons (Fsp3) is 0.368. The number of ether oxygens (including phenoxy) is 2. The molecule has 2 aromatic rings. The second kappa shape index (κ2) is 10.6. The zero-order chi connectivity index (χ0) is 18.1. The van der Waals surface area contributed by atoms with Gasteiger partial charge in [0.1, 0.15) is 18.2 Å². The van der Waals surface area contributed by atoms with Gasteiger partial charge in [-0.05, 0) is 50.2 Å². The predicted molar refractivity (Wildman–Crippen MR) is 100 cm³/mol. The minimum absolute atomic E-state index is 0.262. The highest BCUT2D eigenvalue weighted by Gasteiger charge is 2.08.